The molecule has 1 aliphatic heterocycles. The topological polar surface area (TPSA) is 102 Å². The highest BCUT2D eigenvalue weighted by Gasteiger charge is 2.35. The van der Waals surface area contributed by atoms with Crippen LogP contribution in [0.4, 0.5) is 15.8 Å². The Balaban J connectivity index is 1.51. The summed E-state index contributed by atoms with van der Waals surface area (Å²) in [7, 11) is 1.54. The molecule has 154 valence electrons. The molecule has 0 saturated carbocycles. The van der Waals surface area contributed by atoms with Crippen LogP contribution in [0.15, 0.2) is 42.5 Å². The van der Waals surface area contributed by atoms with Gasteiger partial charge in [0.05, 0.1) is 24.4 Å². The number of halogens is 1. The van der Waals surface area contributed by atoms with E-state index in [1.54, 1.807) is 38.3 Å². The van der Waals surface area contributed by atoms with Gasteiger partial charge in [-0.3, -0.25) is 9.59 Å². The zero-order valence-electron chi connectivity index (χ0n) is 16.4. The second-order valence-corrected chi connectivity index (χ2v) is 6.90. The summed E-state index contributed by atoms with van der Waals surface area (Å²) in [6.07, 6.45) is 0.0382. The monoisotopic (exact) mass is 410 g/mol. The zero-order chi connectivity index (χ0) is 21.3. The predicted molar refractivity (Wildman–Crippen MR) is 106 cm³/mol. The van der Waals surface area contributed by atoms with Gasteiger partial charge in [0, 0.05) is 24.7 Å². The minimum Gasteiger partial charge on any atom is -0.497 e. The van der Waals surface area contributed by atoms with Crippen molar-refractivity contribution in [2.75, 3.05) is 23.9 Å². The molecule has 1 atom stereocenters. The Hall–Kier alpha value is -3.82. The summed E-state index contributed by atoms with van der Waals surface area (Å²) in [6.45, 7) is 1.91. The third-order valence-corrected chi connectivity index (χ3v) is 4.94. The van der Waals surface area contributed by atoms with Gasteiger partial charge in [0.1, 0.15) is 11.6 Å². The molecule has 9 nitrogen and oxygen atoms in total. The van der Waals surface area contributed by atoms with Crippen molar-refractivity contribution in [3.05, 3.63) is 54.1 Å². The lowest BCUT2D eigenvalue weighted by molar-refractivity contribution is -0.122. The summed E-state index contributed by atoms with van der Waals surface area (Å²) < 4.78 is 20.9. The lowest BCUT2D eigenvalue weighted by Gasteiger charge is -2.17. The van der Waals surface area contributed by atoms with E-state index in [4.69, 9.17) is 4.74 Å². The van der Waals surface area contributed by atoms with Crippen molar-refractivity contribution in [3.8, 4) is 11.4 Å². The lowest BCUT2D eigenvalue weighted by atomic mass is 10.1. The summed E-state index contributed by atoms with van der Waals surface area (Å²) in [5.41, 5.74) is 1.16. The summed E-state index contributed by atoms with van der Waals surface area (Å²) in [5.74, 6) is -0.673. The van der Waals surface area contributed by atoms with Gasteiger partial charge in [-0.1, -0.05) is 6.07 Å². The Labute approximate surface area is 171 Å². The van der Waals surface area contributed by atoms with Crippen LogP contribution < -0.4 is 15.0 Å². The molecule has 0 spiro atoms. The van der Waals surface area contributed by atoms with Crippen LogP contribution in [0.1, 0.15) is 12.2 Å². The van der Waals surface area contributed by atoms with Gasteiger partial charge < -0.3 is 15.0 Å². The van der Waals surface area contributed by atoms with Crippen LogP contribution >= 0.6 is 0 Å². The van der Waals surface area contributed by atoms with Crippen molar-refractivity contribution in [3.63, 3.8) is 0 Å². The number of hydrogen-bond donors (Lipinski definition) is 1. The number of benzene rings is 2. The molecule has 4 rings (SSSR count). The molecule has 1 saturated heterocycles. The van der Waals surface area contributed by atoms with Crippen LogP contribution in [-0.4, -0.2) is 45.7 Å². The van der Waals surface area contributed by atoms with Gasteiger partial charge in [0.25, 0.3) is 0 Å². The fourth-order valence-electron chi connectivity index (χ4n) is 3.36. The molecule has 0 radical (unpaired) electrons. The van der Waals surface area contributed by atoms with Crippen LogP contribution in [0.5, 0.6) is 5.75 Å². The van der Waals surface area contributed by atoms with E-state index in [0.717, 1.165) is 0 Å². The number of aryl methyl sites for hydroxylation is 1. The minimum atomic E-state index is -0.610. The van der Waals surface area contributed by atoms with E-state index in [0.29, 0.717) is 22.9 Å². The summed E-state index contributed by atoms with van der Waals surface area (Å²) in [4.78, 5) is 26.7. The van der Waals surface area contributed by atoms with E-state index < -0.39 is 17.6 Å². The van der Waals surface area contributed by atoms with Gasteiger partial charge in [0.15, 0.2) is 5.82 Å². The van der Waals surface area contributed by atoms with Crippen molar-refractivity contribution in [2.45, 2.75) is 13.3 Å². The maximum atomic E-state index is 14.3. The molecule has 3 aromatic rings. The normalized spacial score (nSPS) is 16.0. The molecule has 30 heavy (non-hydrogen) atoms. The standard InChI is InChI=1S/C20H19FN6O3/c1-12-23-24-25-27(12)15-6-7-17(21)18(10-15)22-20(29)13-8-19(28)26(11-13)14-4-3-5-16(9-14)30-2/h3-7,9-10,13H,8,11H2,1-2H3,(H,22,29). The average Bonchev–Trinajstić information content (AvgIpc) is 3.35. The number of ether oxygens (including phenoxy) is 1. The molecule has 2 aromatic carbocycles. The Kier molecular flexibility index (Phi) is 5.13. The smallest absolute Gasteiger partial charge is 0.229 e. The Morgan fingerprint density at radius 2 is 2.07 bits per heavy atom. The van der Waals surface area contributed by atoms with E-state index in [9.17, 15) is 14.0 Å². The first-order valence-corrected chi connectivity index (χ1v) is 9.26. The van der Waals surface area contributed by atoms with Gasteiger partial charge >= 0.3 is 0 Å². The summed E-state index contributed by atoms with van der Waals surface area (Å²) in [5, 5.41) is 13.8. The van der Waals surface area contributed by atoms with Crippen molar-refractivity contribution in [1.29, 1.82) is 0 Å². The minimum absolute atomic E-state index is 0.000297. The second kappa shape index (κ2) is 7.90. The van der Waals surface area contributed by atoms with Crippen molar-refractivity contribution >= 4 is 23.2 Å². The number of aromatic nitrogens is 4. The first kappa shape index (κ1) is 19.5. The van der Waals surface area contributed by atoms with Gasteiger partial charge in [-0.15, -0.1) is 5.10 Å². The number of rotatable bonds is 5. The van der Waals surface area contributed by atoms with E-state index in [-0.39, 0.29) is 24.6 Å². The SMILES string of the molecule is COc1cccc(N2CC(C(=O)Nc3cc(-n4nnnc4C)ccc3F)CC2=O)c1. The van der Waals surface area contributed by atoms with Crippen LogP contribution in [0.2, 0.25) is 0 Å². The largest absolute Gasteiger partial charge is 0.497 e. The Morgan fingerprint density at radius 1 is 1.23 bits per heavy atom. The maximum absolute atomic E-state index is 14.3. The molecular weight excluding hydrogens is 391 g/mol. The zero-order valence-corrected chi connectivity index (χ0v) is 16.4. The first-order chi connectivity index (χ1) is 14.5. The summed E-state index contributed by atoms with van der Waals surface area (Å²) >= 11 is 0. The fraction of sp³-hybridized carbons (Fsp3) is 0.250. The number of carbonyl (C=O) groups is 2. The molecule has 1 aliphatic rings. The number of methoxy groups -OCH3 is 1. The molecule has 1 N–H and O–H groups in total. The average molecular weight is 410 g/mol. The number of carbonyl (C=O) groups excluding carboxylic acids is 2. The van der Waals surface area contributed by atoms with E-state index in [2.05, 4.69) is 20.8 Å². The Bertz CT molecular complexity index is 1120. The number of nitrogens with zero attached hydrogens (tertiary/aromatic N) is 5. The third kappa shape index (κ3) is 3.71. The lowest BCUT2D eigenvalue weighted by Crippen LogP contribution is -2.28. The van der Waals surface area contributed by atoms with Crippen LogP contribution in [0.3, 0.4) is 0 Å². The van der Waals surface area contributed by atoms with E-state index in [1.165, 1.54) is 27.8 Å². The van der Waals surface area contributed by atoms with E-state index in [1.807, 2.05) is 0 Å². The molecule has 1 aromatic heterocycles. The first-order valence-electron chi connectivity index (χ1n) is 9.26. The van der Waals surface area contributed by atoms with E-state index >= 15 is 0 Å². The molecule has 2 heterocycles. The number of amides is 2. The quantitative estimate of drug-likeness (QED) is 0.691. The van der Waals surface area contributed by atoms with Gasteiger partial charge in [-0.25, -0.2) is 4.39 Å². The molecular formula is C20H19FN6O3. The molecule has 10 heteroatoms. The number of tetrazole rings is 1. The number of anilines is 2. The molecule has 1 unspecified atom stereocenters. The number of hydrogen-bond acceptors (Lipinski definition) is 6. The summed E-state index contributed by atoms with van der Waals surface area (Å²) in [6, 6.07) is 11.3. The molecule has 0 aliphatic carbocycles. The second-order valence-electron chi connectivity index (χ2n) is 6.90. The molecule has 2 amide bonds. The van der Waals surface area contributed by atoms with Crippen LogP contribution in [0, 0.1) is 18.7 Å². The van der Waals surface area contributed by atoms with Gasteiger partial charge in [-0.05, 0) is 47.7 Å². The fourth-order valence-corrected chi connectivity index (χ4v) is 3.36. The number of nitrogens with one attached hydrogen (secondary N) is 1. The predicted octanol–water partition coefficient (Wildman–Crippen LogP) is 2.11. The van der Waals surface area contributed by atoms with Crippen LogP contribution in [0.25, 0.3) is 5.69 Å². The van der Waals surface area contributed by atoms with Crippen molar-refractivity contribution < 1.29 is 18.7 Å². The highest BCUT2D eigenvalue weighted by atomic mass is 19.1. The molecule has 1 fully saturated rings. The highest BCUT2D eigenvalue weighted by Crippen LogP contribution is 2.29. The van der Waals surface area contributed by atoms with Gasteiger partial charge in [0.2, 0.25) is 11.8 Å². The van der Waals surface area contributed by atoms with Crippen LogP contribution in [-0.2, 0) is 9.59 Å². The highest BCUT2D eigenvalue weighted by molar-refractivity contribution is 6.03. The maximum Gasteiger partial charge on any atom is 0.229 e. The third-order valence-electron chi connectivity index (χ3n) is 4.94. The Morgan fingerprint density at radius 3 is 2.80 bits per heavy atom. The van der Waals surface area contributed by atoms with Gasteiger partial charge in [-0.2, -0.15) is 4.68 Å². The van der Waals surface area contributed by atoms with Crippen molar-refractivity contribution in [2.24, 2.45) is 5.92 Å². The molecule has 0 bridgehead atoms. The van der Waals surface area contributed by atoms with Crippen molar-refractivity contribution in [1.82, 2.24) is 20.2 Å².